The van der Waals surface area contributed by atoms with Crippen LogP contribution < -0.4 is 11.1 Å². The van der Waals surface area contributed by atoms with Gasteiger partial charge in [0, 0.05) is 32.6 Å². The van der Waals surface area contributed by atoms with Crippen molar-refractivity contribution in [3.05, 3.63) is 93.5 Å². The number of hydrogen-bond acceptors (Lipinski definition) is 3. The number of rotatable bonds is 6. The van der Waals surface area contributed by atoms with Gasteiger partial charge in [-0.05, 0) is 35.9 Å². The van der Waals surface area contributed by atoms with Crippen LogP contribution in [0.1, 0.15) is 27.5 Å². The number of nitrogens with zero attached hydrogens (tertiary/aromatic N) is 1. The summed E-state index contributed by atoms with van der Waals surface area (Å²) in [5, 5.41) is 4.32. The molecule has 4 N–H and O–H groups in total. The average Bonchev–Trinajstić information content (AvgIpc) is 3.33. The summed E-state index contributed by atoms with van der Waals surface area (Å²) in [6, 6.07) is 19.7. The van der Waals surface area contributed by atoms with Crippen molar-refractivity contribution < 1.29 is 14.4 Å². The van der Waals surface area contributed by atoms with Crippen LogP contribution in [0, 0.1) is 0 Å². The maximum Gasteiger partial charge on any atom is 0.255 e. The minimum Gasteiger partial charge on any atom is -0.368 e. The number of aromatic nitrogens is 1. The number of fused-ring (bicyclic) bond motifs is 2. The Kier molecular flexibility index (Phi) is 5.96. The van der Waals surface area contributed by atoms with E-state index in [9.17, 15) is 14.4 Å². The first-order valence-electron chi connectivity index (χ1n) is 10.9. The number of hydrogen-bond donors (Lipinski definition) is 3. The normalized spacial score (nSPS) is 14.9. The van der Waals surface area contributed by atoms with E-state index in [1.165, 1.54) is 4.90 Å². The van der Waals surface area contributed by atoms with Crippen molar-refractivity contribution in [3.63, 3.8) is 0 Å². The van der Waals surface area contributed by atoms with E-state index in [1.54, 1.807) is 24.3 Å². The fourth-order valence-electron chi connectivity index (χ4n) is 4.59. The molecular formula is C26H20Cl2N4O3. The van der Waals surface area contributed by atoms with Gasteiger partial charge in [0.05, 0.1) is 23.3 Å². The van der Waals surface area contributed by atoms with Crippen LogP contribution in [0.15, 0.2) is 66.7 Å². The lowest BCUT2D eigenvalue weighted by Crippen LogP contribution is -2.42. The van der Waals surface area contributed by atoms with E-state index in [0.29, 0.717) is 15.6 Å². The van der Waals surface area contributed by atoms with Gasteiger partial charge < -0.3 is 20.9 Å². The minimum atomic E-state index is -0.665. The summed E-state index contributed by atoms with van der Waals surface area (Å²) < 4.78 is 0. The second-order valence-corrected chi connectivity index (χ2v) is 9.09. The molecule has 0 saturated carbocycles. The SMILES string of the molecule is NC(=O)CNC(=O)CN1C(=O)c2ccccc2C1c1c(-c2ccc(Cl)cc2Cl)[nH]c2ccccc12. The third kappa shape index (κ3) is 4.13. The first kappa shape index (κ1) is 23.0. The fraction of sp³-hybridized carbons (Fsp3) is 0.115. The maximum absolute atomic E-state index is 13.5. The van der Waals surface area contributed by atoms with Crippen molar-refractivity contribution >= 4 is 51.8 Å². The number of halogens is 2. The molecule has 1 aliphatic heterocycles. The number of H-pyrrole nitrogens is 1. The van der Waals surface area contributed by atoms with Crippen LogP contribution in [-0.2, 0) is 9.59 Å². The van der Waals surface area contributed by atoms with Crippen LogP contribution in [0.2, 0.25) is 10.0 Å². The number of primary amides is 1. The molecule has 3 aromatic carbocycles. The highest BCUT2D eigenvalue weighted by molar-refractivity contribution is 6.36. The Hall–Kier alpha value is -3.81. The van der Waals surface area contributed by atoms with Crippen LogP contribution in [0.5, 0.6) is 0 Å². The Morgan fingerprint density at radius 1 is 1.00 bits per heavy atom. The number of carbonyl (C=O) groups excluding carboxylic acids is 3. The van der Waals surface area contributed by atoms with Crippen LogP contribution in [0.3, 0.4) is 0 Å². The number of benzene rings is 3. The zero-order chi connectivity index (χ0) is 24.7. The molecule has 1 aromatic heterocycles. The number of amides is 3. The van der Waals surface area contributed by atoms with Crippen molar-refractivity contribution in [2.75, 3.05) is 13.1 Å². The number of aromatic amines is 1. The molecule has 0 saturated heterocycles. The first-order valence-corrected chi connectivity index (χ1v) is 11.6. The molecule has 7 nitrogen and oxygen atoms in total. The molecule has 0 bridgehead atoms. The van der Waals surface area contributed by atoms with Crippen molar-refractivity contribution in [3.8, 4) is 11.3 Å². The summed E-state index contributed by atoms with van der Waals surface area (Å²) in [5.41, 5.74) is 9.56. The average molecular weight is 507 g/mol. The smallest absolute Gasteiger partial charge is 0.255 e. The van der Waals surface area contributed by atoms with Crippen LogP contribution in [0.4, 0.5) is 0 Å². The highest BCUT2D eigenvalue weighted by Gasteiger charge is 2.41. The molecule has 0 radical (unpaired) electrons. The molecule has 0 fully saturated rings. The molecule has 3 amide bonds. The van der Waals surface area contributed by atoms with Gasteiger partial charge in [0.15, 0.2) is 0 Å². The van der Waals surface area contributed by atoms with Gasteiger partial charge in [0.1, 0.15) is 6.54 Å². The lowest BCUT2D eigenvalue weighted by atomic mass is 9.93. The third-order valence-electron chi connectivity index (χ3n) is 6.05. The van der Waals surface area contributed by atoms with Crippen molar-refractivity contribution in [1.82, 2.24) is 15.2 Å². The van der Waals surface area contributed by atoms with Gasteiger partial charge in [-0.1, -0.05) is 59.6 Å². The fourth-order valence-corrected chi connectivity index (χ4v) is 5.10. The van der Waals surface area contributed by atoms with Gasteiger partial charge in [-0.3, -0.25) is 14.4 Å². The highest BCUT2D eigenvalue weighted by Crippen LogP contribution is 2.46. The summed E-state index contributed by atoms with van der Waals surface area (Å²) in [6.07, 6.45) is 0. The third-order valence-corrected chi connectivity index (χ3v) is 6.60. The molecule has 1 aliphatic rings. The van der Waals surface area contributed by atoms with Crippen molar-refractivity contribution in [2.24, 2.45) is 5.73 Å². The van der Waals surface area contributed by atoms with Crippen LogP contribution in [-0.4, -0.2) is 40.7 Å². The summed E-state index contributed by atoms with van der Waals surface area (Å²) in [6.45, 7) is -0.560. The molecule has 176 valence electrons. The Balaban J connectivity index is 1.71. The van der Waals surface area contributed by atoms with Crippen LogP contribution in [0.25, 0.3) is 22.2 Å². The number of para-hydroxylation sites is 1. The molecule has 0 spiro atoms. The molecular weight excluding hydrogens is 487 g/mol. The zero-order valence-electron chi connectivity index (χ0n) is 18.3. The molecule has 4 aromatic rings. The van der Waals surface area contributed by atoms with E-state index >= 15 is 0 Å². The topological polar surface area (TPSA) is 108 Å². The summed E-state index contributed by atoms with van der Waals surface area (Å²) in [5.74, 6) is -1.43. The second-order valence-electron chi connectivity index (χ2n) is 8.25. The van der Waals surface area contributed by atoms with E-state index in [2.05, 4.69) is 10.3 Å². The van der Waals surface area contributed by atoms with E-state index in [0.717, 1.165) is 33.3 Å². The van der Waals surface area contributed by atoms with Crippen LogP contribution >= 0.6 is 23.2 Å². The van der Waals surface area contributed by atoms with Gasteiger partial charge in [-0.25, -0.2) is 0 Å². The summed E-state index contributed by atoms with van der Waals surface area (Å²) in [7, 11) is 0. The molecule has 1 atom stereocenters. The summed E-state index contributed by atoms with van der Waals surface area (Å²) in [4.78, 5) is 42.2. The molecule has 2 heterocycles. The highest BCUT2D eigenvalue weighted by atomic mass is 35.5. The van der Waals surface area contributed by atoms with Gasteiger partial charge in [0.25, 0.3) is 5.91 Å². The Morgan fingerprint density at radius 2 is 1.74 bits per heavy atom. The van der Waals surface area contributed by atoms with E-state index in [-0.39, 0.29) is 19.0 Å². The first-order chi connectivity index (χ1) is 16.8. The standard InChI is InChI=1S/C26H20Cl2N4O3/c27-14-9-10-17(19(28)11-14)24-23(18-7-3-4-8-20(18)31-24)25-15-5-1-2-6-16(15)26(35)32(25)13-22(34)30-12-21(29)33/h1-11,25,31H,12-13H2,(H2,29,33)(H,30,34). The Morgan fingerprint density at radius 3 is 2.51 bits per heavy atom. The van der Waals surface area contributed by atoms with E-state index in [4.69, 9.17) is 28.9 Å². The largest absolute Gasteiger partial charge is 0.368 e. The van der Waals surface area contributed by atoms with E-state index < -0.39 is 17.9 Å². The predicted molar refractivity (Wildman–Crippen MR) is 135 cm³/mol. The molecule has 0 aliphatic carbocycles. The predicted octanol–water partition coefficient (Wildman–Crippen LogP) is 4.29. The quantitative estimate of drug-likeness (QED) is 0.362. The van der Waals surface area contributed by atoms with E-state index in [1.807, 2.05) is 42.5 Å². The zero-order valence-corrected chi connectivity index (χ0v) is 19.9. The number of carbonyl (C=O) groups is 3. The Labute approximate surface area is 210 Å². The van der Waals surface area contributed by atoms with Gasteiger partial charge in [0.2, 0.25) is 11.8 Å². The van der Waals surface area contributed by atoms with Gasteiger partial charge in [-0.2, -0.15) is 0 Å². The van der Waals surface area contributed by atoms with Crippen molar-refractivity contribution in [2.45, 2.75) is 6.04 Å². The van der Waals surface area contributed by atoms with Gasteiger partial charge in [-0.15, -0.1) is 0 Å². The lowest BCUT2D eigenvalue weighted by molar-refractivity contribution is -0.125. The van der Waals surface area contributed by atoms with Gasteiger partial charge >= 0.3 is 0 Å². The second kappa shape index (κ2) is 9.09. The molecule has 9 heteroatoms. The van der Waals surface area contributed by atoms with Crippen molar-refractivity contribution in [1.29, 1.82) is 0 Å². The minimum absolute atomic E-state index is 0.251. The Bertz CT molecular complexity index is 1500. The molecule has 35 heavy (non-hydrogen) atoms. The monoisotopic (exact) mass is 506 g/mol. The lowest BCUT2D eigenvalue weighted by Gasteiger charge is -2.26. The number of nitrogens with two attached hydrogens (primary N) is 1. The number of nitrogens with one attached hydrogen (secondary N) is 2. The maximum atomic E-state index is 13.5. The molecule has 1 unspecified atom stereocenters. The summed E-state index contributed by atoms with van der Waals surface area (Å²) >= 11 is 12.7. The molecule has 5 rings (SSSR count).